The smallest absolute Gasteiger partial charge is 0.330 e. The molecule has 21 heavy (non-hydrogen) atoms. The van der Waals surface area contributed by atoms with E-state index in [1.807, 2.05) is 0 Å². The molecule has 0 unspecified atom stereocenters. The first kappa shape index (κ1) is 15.1. The summed E-state index contributed by atoms with van der Waals surface area (Å²) in [6.45, 7) is 0.222. The fourth-order valence-electron chi connectivity index (χ4n) is 2.31. The van der Waals surface area contributed by atoms with Crippen LogP contribution in [0.3, 0.4) is 0 Å². The SMILES string of the molecule is COC(=O)[C@@H]1[C@H](N)C(=O)N1Cc1ccc(OC)cc1OC. The lowest BCUT2D eigenvalue weighted by atomic mass is 9.95. The van der Waals surface area contributed by atoms with Gasteiger partial charge in [-0.15, -0.1) is 0 Å². The lowest BCUT2D eigenvalue weighted by Crippen LogP contribution is -2.71. The zero-order valence-corrected chi connectivity index (χ0v) is 12.2. The predicted molar refractivity (Wildman–Crippen MR) is 73.9 cm³/mol. The Morgan fingerprint density at radius 1 is 1.29 bits per heavy atom. The van der Waals surface area contributed by atoms with Crippen molar-refractivity contribution < 1.29 is 23.8 Å². The number of rotatable bonds is 5. The zero-order chi connectivity index (χ0) is 15.6. The molecule has 1 aromatic carbocycles. The van der Waals surface area contributed by atoms with Gasteiger partial charge in [0.1, 0.15) is 17.5 Å². The van der Waals surface area contributed by atoms with Crippen molar-refractivity contribution in [3.8, 4) is 11.5 Å². The summed E-state index contributed by atoms with van der Waals surface area (Å²) in [6, 6.07) is 3.65. The molecule has 1 fully saturated rings. The molecular formula is C14H18N2O5. The number of nitrogens with two attached hydrogens (primary N) is 1. The highest BCUT2D eigenvalue weighted by molar-refractivity contribution is 5.99. The van der Waals surface area contributed by atoms with Gasteiger partial charge in [-0.1, -0.05) is 0 Å². The van der Waals surface area contributed by atoms with E-state index in [-0.39, 0.29) is 12.5 Å². The zero-order valence-electron chi connectivity index (χ0n) is 12.2. The van der Waals surface area contributed by atoms with Crippen LogP contribution in [0, 0.1) is 0 Å². The largest absolute Gasteiger partial charge is 0.497 e. The summed E-state index contributed by atoms with van der Waals surface area (Å²) in [6.07, 6.45) is 0. The van der Waals surface area contributed by atoms with Gasteiger partial charge in [0.15, 0.2) is 6.04 Å². The molecule has 0 aliphatic carbocycles. The van der Waals surface area contributed by atoms with Crippen molar-refractivity contribution >= 4 is 11.9 Å². The van der Waals surface area contributed by atoms with E-state index in [9.17, 15) is 9.59 Å². The van der Waals surface area contributed by atoms with E-state index in [0.29, 0.717) is 11.5 Å². The highest BCUT2D eigenvalue weighted by Crippen LogP contribution is 2.29. The molecule has 1 aromatic rings. The Labute approximate surface area is 122 Å². The second-order valence-corrected chi connectivity index (χ2v) is 4.64. The van der Waals surface area contributed by atoms with Crippen molar-refractivity contribution in [1.29, 1.82) is 0 Å². The fourth-order valence-corrected chi connectivity index (χ4v) is 2.31. The van der Waals surface area contributed by atoms with Crippen molar-refractivity contribution in [2.24, 2.45) is 5.73 Å². The summed E-state index contributed by atoms with van der Waals surface area (Å²) in [5, 5.41) is 0. The standard InChI is InChI=1S/C14H18N2O5/c1-19-9-5-4-8(10(6-9)20-2)7-16-12(14(18)21-3)11(15)13(16)17/h4-6,11-12H,7,15H2,1-3H3/t11-,12-/m0/s1. The lowest BCUT2D eigenvalue weighted by Gasteiger charge is -2.43. The molecule has 0 aromatic heterocycles. The van der Waals surface area contributed by atoms with Crippen LogP contribution in [0.4, 0.5) is 0 Å². The topological polar surface area (TPSA) is 91.1 Å². The first-order valence-corrected chi connectivity index (χ1v) is 6.38. The van der Waals surface area contributed by atoms with Crippen molar-refractivity contribution in [3.05, 3.63) is 23.8 Å². The number of hydrogen-bond donors (Lipinski definition) is 1. The molecule has 0 radical (unpaired) electrons. The summed E-state index contributed by atoms with van der Waals surface area (Å²) in [4.78, 5) is 24.9. The van der Waals surface area contributed by atoms with Crippen LogP contribution < -0.4 is 15.2 Å². The number of amides is 1. The molecular weight excluding hydrogens is 276 g/mol. The van der Waals surface area contributed by atoms with Gasteiger partial charge in [-0.05, 0) is 12.1 Å². The van der Waals surface area contributed by atoms with E-state index in [1.54, 1.807) is 25.3 Å². The second kappa shape index (κ2) is 6.01. The van der Waals surface area contributed by atoms with Gasteiger partial charge < -0.3 is 24.8 Å². The molecule has 0 saturated carbocycles. The van der Waals surface area contributed by atoms with Gasteiger partial charge >= 0.3 is 5.97 Å². The third-order valence-electron chi connectivity index (χ3n) is 3.52. The quantitative estimate of drug-likeness (QED) is 0.603. The Kier molecular flexibility index (Phi) is 4.32. The maximum absolute atomic E-state index is 11.8. The average Bonchev–Trinajstić information content (AvgIpc) is 2.53. The van der Waals surface area contributed by atoms with Gasteiger partial charge in [0.2, 0.25) is 5.91 Å². The molecule has 1 aliphatic heterocycles. The van der Waals surface area contributed by atoms with Crippen LogP contribution in [0.15, 0.2) is 18.2 Å². The molecule has 1 aliphatic rings. The highest BCUT2D eigenvalue weighted by Gasteiger charge is 2.50. The first-order chi connectivity index (χ1) is 10.0. The number of likely N-dealkylation sites (tertiary alicyclic amines) is 1. The summed E-state index contributed by atoms with van der Waals surface area (Å²) >= 11 is 0. The molecule has 114 valence electrons. The average molecular weight is 294 g/mol. The van der Waals surface area contributed by atoms with E-state index in [1.165, 1.54) is 19.1 Å². The molecule has 1 heterocycles. The third-order valence-corrected chi connectivity index (χ3v) is 3.52. The van der Waals surface area contributed by atoms with E-state index in [4.69, 9.17) is 15.2 Å². The number of esters is 1. The maximum Gasteiger partial charge on any atom is 0.330 e. The monoisotopic (exact) mass is 294 g/mol. The van der Waals surface area contributed by atoms with Crippen LogP contribution in [0.2, 0.25) is 0 Å². The van der Waals surface area contributed by atoms with E-state index in [0.717, 1.165) is 5.56 Å². The van der Waals surface area contributed by atoms with E-state index in [2.05, 4.69) is 4.74 Å². The number of carbonyl (C=O) groups is 2. The van der Waals surface area contributed by atoms with Gasteiger partial charge in [-0.25, -0.2) is 4.79 Å². The van der Waals surface area contributed by atoms with Crippen molar-refractivity contribution in [2.75, 3.05) is 21.3 Å². The third kappa shape index (κ3) is 2.64. The van der Waals surface area contributed by atoms with Crippen LogP contribution in [-0.4, -0.2) is 50.2 Å². The molecule has 0 spiro atoms. The second-order valence-electron chi connectivity index (χ2n) is 4.64. The number of hydrogen-bond acceptors (Lipinski definition) is 6. The minimum Gasteiger partial charge on any atom is -0.497 e. The first-order valence-electron chi connectivity index (χ1n) is 6.38. The summed E-state index contributed by atoms with van der Waals surface area (Å²) in [5.74, 6) is 0.413. The Balaban J connectivity index is 2.21. The van der Waals surface area contributed by atoms with Crippen molar-refractivity contribution in [1.82, 2.24) is 4.90 Å². The van der Waals surface area contributed by atoms with Gasteiger partial charge in [0.05, 0.1) is 27.9 Å². The molecule has 7 nitrogen and oxygen atoms in total. The molecule has 0 bridgehead atoms. The summed E-state index contributed by atoms with van der Waals surface area (Å²) < 4.78 is 15.1. The van der Waals surface area contributed by atoms with Gasteiger partial charge in [0, 0.05) is 11.6 Å². The number of carbonyl (C=O) groups excluding carboxylic acids is 2. The number of benzene rings is 1. The molecule has 7 heteroatoms. The predicted octanol–water partition coefficient (Wildman–Crippen LogP) is -0.0851. The minimum absolute atomic E-state index is 0.222. The van der Waals surface area contributed by atoms with E-state index < -0.39 is 18.1 Å². The highest BCUT2D eigenvalue weighted by atomic mass is 16.5. The lowest BCUT2D eigenvalue weighted by molar-refractivity contribution is -0.167. The Morgan fingerprint density at radius 3 is 2.57 bits per heavy atom. The Hall–Kier alpha value is -2.28. The fraction of sp³-hybridized carbons (Fsp3) is 0.429. The summed E-state index contributed by atoms with van der Waals surface area (Å²) in [7, 11) is 4.35. The number of methoxy groups -OCH3 is 3. The van der Waals surface area contributed by atoms with E-state index >= 15 is 0 Å². The van der Waals surface area contributed by atoms with Crippen molar-refractivity contribution in [3.63, 3.8) is 0 Å². The molecule has 2 atom stereocenters. The molecule has 2 N–H and O–H groups in total. The Morgan fingerprint density at radius 2 is 2.00 bits per heavy atom. The molecule has 1 amide bonds. The van der Waals surface area contributed by atoms with Crippen molar-refractivity contribution in [2.45, 2.75) is 18.6 Å². The summed E-state index contributed by atoms with van der Waals surface area (Å²) in [5.41, 5.74) is 6.42. The van der Waals surface area contributed by atoms with Crippen LogP contribution in [-0.2, 0) is 20.9 Å². The maximum atomic E-state index is 11.8. The van der Waals surface area contributed by atoms with Crippen LogP contribution >= 0.6 is 0 Å². The normalized spacial score (nSPS) is 20.8. The molecule has 1 saturated heterocycles. The van der Waals surface area contributed by atoms with Gasteiger partial charge in [-0.3, -0.25) is 4.79 Å². The minimum atomic E-state index is -0.846. The number of nitrogens with zero attached hydrogens (tertiary/aromatic N) is 1. The van der Waals surface area contributed by atoms with Crippen LogP contribution in [0.1, 0.15) is 5.56 Å². The van der Waals surface area contributed by atoms with Gasteiger partial charge in [-0.2, -0.15) is 0 Å². The number of ether oxygens (including phenoxy) is 3. The van der Waals surface area contributed by atoms with Crippen LogP contribution in [0.25, 0.3) is 0 Å². The van der Waals surface area contributed by atoms with Gasteiger partial charge in [0.25, 0.3) is 0 Å². The Bertz CT molecular complexity index is 560. The number of β-lactam (4-membered cyclic amide) rings is 1. The molecule has 2 rings (SSSR count). The van der Waals surface area contributed by atoms with Crippen LogP contribution in [0.5, 0.6) is 11.5 Å².